The standard InChI is InChI=1S/C18H21BrN2/c1-13-9-15(19)11-16(10-13)21-18(12-20)8-4-6-14-5-2-3-7-17(14)18/h2-3,5,7,9-11,21H,4,6,8,12,20H2,1H3. The summed E-state index contributed by atoms with van der Waals surface area (Å²) < 4.78 is 1.10. The molecule has 0 aromatic heterocycles. The highest BCUT2D eigenvalue weighted by atomic mass is 79.9. The van der Waals surface area contributed by atoms with Gasteiger partial charge in [0, 0.05) is 16.7 Å². The van der Waals surface area contributed by atoms with Crippen LogP contribution in [0, 0.1) is 6.92 Å². The second-order valence-electron chi connectivity index (χ2n) is 5.94. The van der Waals surface area contributed by atoms with E-state index in [1.165, 1.54) is 23.1 Å². The van der Waals surface area contributed by atoms with Gasteiger partial charge >= 0.3 is 0 Å². The molecule has 3 heteroatoms. The van der Waals surface area contributed by atoms with Crippen LogP contribution >= 0.6 is 15.9 Å². The molecule has 1 aliphatic rings. The highest BCUT2D eigenvalue weighted by Crippen LogP contribution is 2.38. The van der Waals surface area contributed by atoms with Crippen LogP contribution in [0.1, 0.15) is 29.5 Å². The van der Waals surface area contributed by atoms with Gasteiger partial charge in [0.05, 0.1) is 5.54 Å². The van der Waals surface area contributed by atoms with Crippen LogP contribution in [0.25, 0.3) is 0 Å². The van der Waals surface area contributed by atoms with Crippen molar-refractivity contribution in [3.8, 4) is 0 Å². The van der Waals surface area contributed by atoms with Gasteiger partial charge in [-0.1, -0.05) is 40.2 Å². The molecule has 0 radical (unpaired) electrons. The predicted molar refractivity (Wildman–Crippen MR) is 92.6 cm³/mol. The molecule has 2 aromatic rings. The molecule has 3 rings (SSSR count). The number of halogens is 1. The van der Waals surface area contributed by atoms with Crippen LogP contribution in [0.15, 0.2) is 46.9 Å². The van der Waals surface area contributed by atoms with Crippen LogP contribution in [-0.4, -0.2) is 6.54 Å². The molecule has 21 heavy (non-hydrogen) atoms. The SMILES string of the molecule is Cc1cc(Br)cc(NC2(CN)CCCc3ccccc32)c1. The van der Waals surface area contributed by atoms with E-state index >= 15 is 0 Å². The highest BCUT2D eigenvalue weighted by molar-refractivity contribution is 9.10. The molecule has 0 bridgehead atoms. The van der Waals surface area contributed by atoms with Gasteiger partial charge in [-0.2, -0.15) is 0 Å². The molecule has 0 saturated heterocycles. The number of nitrogens with one attached hydrogen (secondary N) is 1. The predicted octanol–water partition coefficient (Wildman–Crippen LogP) is 4.36. The first-order valence-corrected chi connectivity index (χ1v) is 8.26. The zero-order valence-corrected chi connectivity index (χ0v) is 13.9. The van der Waals surface area contributed by atoms with Crippen LogP contribution in [0.3, 0.4) is 0 Å². The first kappa shape index (κ1) is 14.6. The molecule has 0 saturated carbocycles. The van der Waals surface area contributed by atoms with Gasteiger partial charge in [-0.15, -0.1) is 0 Å². The third kappa shape index (κ3) is 2.85. The Morgan fingerprint density at radius 2 is 2.05 bits per heavy atom. The van der Waals surface area contributed by atoms with Gasteiger partial charge in [-0.05, 0) is 61.1 Å². The van der Waals surface area contributed by atoms with Crippen LogP contribution < -0.4 is 11.1 Å². The summed E-state index contributed by atoms with van der Waals surface area (Å²) in [5, 5.41) is 3.73. The zero-order chi connectivity index (χ0) is 14.9. The zero-order valence-electron chi connectivity index (χ0n) is 12.3. The molecular weight excluding hydrogens is 324 g/mol. The lowest BCUT2D eigenvalue weighted by Crippen LogP contribution is -2.45. The number of benzene rings is 2. The summed E-state index contributed by atoms with van der Waals surface area (Å²) in [6.45, 7) is 2.72. The van der Waals surface area contributed by atoms with Gasteiger partial charge in [0.15, 0.2) is 0 Å². The average molecular weight is 345 g/mol. The minimum absolute atomic E-state index is 0.151. The van der Waals surface area contributed by atoms with Crippen LogP contribution in [-0.2, 0) is 12.0 Å². The maximum absolute atomic E-state index is 6.20. The Labute approximate surface area is 134 Å². The summed E-state index contributed by atoms with van der Waals surface area (Å²) in [7, 11) is 0. The van der Waals surface area contributed by atoms with Crippen LogP contribution in [0.4, 0.5) is 5.69 Å². The first-order valence-electron chi connectivity index (χ1n) is 7.47. The highest BCUT2D eigenvalue weighted by Gasteiger charge is 2.35. The number of fused-ring (bicyclic) bond motifs is 1. The maximum atomic E-state index is 6.20. The van der Waals surface area contributed by atoms with E-state index in [0.29, 0.717) is 6.54 Å². The van der Waals surface area contributed by atoms with Crippen LogP contribution in [0.5, 0.6) is 0 Å². The van der Waals surface area contributed by atoms with Gasteiger partial charge in [0.2, 0.25) is 0 Å². The van der Waals surface area contributed by atoms with Crippen molar-refractivity contribution in [3.05, 3.63) is 63.6 Å². The quantitative estimate of drug-likeness (QED) is 0.867. The van der Waals surface area contributed by atoms with E-state index < -0.39 is 0 Å². The average Bonchev–Trinajstić information content (AvgIpc) is 2.46. The summed E-state index contributed by atoms with van der Waals surface area (Å²) in [6, 6.07) is 15.1. The third-order valence-electron chi connectivity index (χ3n) is 4.36. The molecule has 0 spiro atoms. The monoisotopic (exact) mass is 344 g/mol. The Kier molecular flexibility index (Phi) is 4.05. The number of aryl methyl sites for hydroxylation is 2. The summed E-state index contributed by atoms with van der Waals surface area (Å²) in [6.07, 6.45) is 3.40. The van der Waals surface area contributed by atoms with E-state index in [1.807, 2.05) is 0 Å². The topological polar surface area (TPSA) is 38.0 Å². The molecule has 1 aliphatic carbocycles. The number of hydrogen-bond acceptors (Lipinski definition) is 2. The lowest BCUT2D eigenvalue weighted by Gasteiger charge is -2.40. The minimum atomic E-state index is -0.151. The molecular formula is C18H21BrN2. The summed E-state index contributed by atoms with van der Waals surface area (Å²) in [5.74, 6) is 0. The fourth-order valence-corrected chi connectivity index (χ4v) is 4.01. The Balaban J connectivity index is 2.02. The summed E-state index contributed by atoms with van der Waals surface area (Å²) >= 11 is 3.58. The van der Waals surface area contributed by atoms with E-state index in [1.54, 1.807) is 0 Å². The number of hydrogen-bond donors (Lipinski definition) is 2. The lowest BCUT2D eigenvalue weighted by atomic mass is 9.76. The largest absolute Gasteiger partial charge is 0.374 e. The molecule has 2 nitrogen and oxygen atoms in total. The summed E-state index contributed by atoms with van der Waals surface area (Å²) in [4.78, 5) is 0. The molecule has 110 valence electrons. The van der Waals surface area contributed by atoms with Crippen molar-refractivity contribution in [2.24, 2.45) is 5.73 Å². The Morgan fingerprint density at radius 3 is 2.81 bits per heavy atom. The van der Waals surface area contributed by atoms with E-state index in [0.717, 1.165) is 23.0 Å². The van der Waals surface area contributed by atoms with Crippen molar-refractivity contribution in [1.29, 1.82) is 0 Å². The molecule has 1 atom stereocenters. The molecule has 0 aliphatic heterocycles. The number of rotatable bonds is 3. The third-order valence-corrected chi connectivity index (χ3v) is 4.81. The molecule has 0 amide bonds. The Bertz CT molecular complexity index is 633. The summed E-state index contributed by atoms with van der Waals surface area (Å²) in [5.41, 5.74) is 11.2. The van der Waals surface area contributed by atoms with E-state index in [4.69, 9.17) is 5.73 Å². The Hall–Kier alpha value is -1.32. The number of anilines is 1. The van der Waals surface area contributed by atoms with E-state index in [-0.39, 0.29) is 5.54 Å². The van der Waals surface area contributed by atoms with Gasteiger partial charge in [-0.3, -0.25) is 0 Å². The van der Waals surface area contributed by atoms with Gasteiger partial charge in [-0.25, -0.2) is 0 Å². The molecule has 1 unspecified atom stereocenters. The van der Waals surface area contributed by atoms with Gasteiger partial charge in [0.25, 0.3) is 0 Å². The fourth-order valence-electron chi connectivity index (χ4n) is 3.40. The molecule has 0 heterocycles. The molecule has 3 N–H and O–H groups in total. The van der Waals surface area contributed by atoms with Crippen molar-refractivity contribution < 1.29 is 0 Å². The smallest absolute Gasteiger partial charge is 0.0750 e. The van der Waals surface area contributed by atoms with Crippen molar-refractivity contribution in [1.82, 2.24) is 0 Å². The van der Waals surface area contributed by atoms with Crippen molar-refractivity contribution in [3.63, 3.8) is 0 Å². The van der Waals surface area contributed by atoms with Crippen molar-refractivity contribution >= 4 is 21.6 Å². The van der Waals surface area contributed by atoms with Gasteiger partial charge in [0.1, 0.15) is 0 Å². The normalized spacial score (nSPS) is 20.9. The molecule has 0 fully saturated rings. The second kappa shape index (κ2) is 5.82. The maximum Gasteiger partial charge on any atom is 0.0750 e. The first-order chi connectivity index (χ1) is 10.1. The van der Waals surface area contributed by atoms with E-state index in [2.05, 4.69) is 70.6 Å². The number of nitrogens with two attached hydrogens (primary N) is 1. The minimum Gasteiger partial charge on any atom is -0.374 e. The van der Waals surface area contributed by atoms with Crippen LogP contribution in [0.2, 0.25) is 0 Å². The lowest BCUT2D eigenvalue weighted by molar-refractivity contribution is 0.417. The molecule has 2 aromatic carbocycles. The van der Waals surface area contributed by atoms with Gasteiger partial charge < -0.3 is 11.1 Å². The fraction of sp³-hybridized carbons (Fsp3) is 0.333. The second-order valence-corrected chi connectivity index (χ2v) is 6.85. The van der Waals surface area contributed by atoms with E-state index in [9.17, 15) is 0 Å². The Morgan fingerprint density at radius 1 is 1.24 bits per heavy atom. The van der Waals surface area contributed by atoms with Crippen molar-refractivity contribution in [2.75, 3.05) is 11.9 Å². The van der Waals surface area contributed by atoms with Crippen molar-refractivity contribution in [2.45, 2.75) is 31.7 Å².